The Morgan fingerprint density at radius 2 is 1.87 bits per heavy atom. The summed E-state index contributed by atoms with van der Waals surface area (Å²) >= 11 is 0. The number of benzene rings is 2. The lowest BCUT2D eigenvalue weighted by Crippen LogP contribution is -2.45. The second kappa shape index (κ2) is 7.97. The maximum Gasteiger partial charge on any atom is 0.488 e. The summed E-state index contributed by atoms with van der Waals surface area (Å²) in [5.41, 5.74) is 8.52. The van der Waals surface area contributed by atoms with E-state index in [0.29, 0.717) is 30.7 Å². The largest absolute Gasteiger partial charge is 0.492 e. The monoisotopic (exact) mass is 405 g/mol. The van der Waals surface area contributed by atoms with Crippen molar-refractivity contribution in [2.45, 2.75) is 18.3 Å². The fraction of sp³-hybridized carbons (Fsp3) is 0.273. The summed E-state index contributed by atoms with van der Waals surface area (Å²) in [5, 5.41) is 26.0. The fourth-order valence-electron chi connectivity index (χ4n) is 4.15. The van der Waals surface area contributed by atoms with E-state index in [0.717, 1.165) is 29.7 Å². The Bertz CT molecular complexity index is 996. The molecule has 4 rings (SSSR count). The summed E-state index contributed by atoms with van der Waals surface area (Å²) in [6.07, 6.45) is 4.87. The zero-order valence-electron chi connectivity index (χ0n) is 16.5. The number of nitrogens with one attached hydrogen (secondary N) is 1. The topological polar surface area (TPSA) is 120 Å². The van der Waals surface area contributed by atoms with Gasteiger partial charge in [0.2, 0.25) is 5.91 Å². The molecule has 2 aliphatic heterocycles. The van der Waals surface area contributed by atoms with Crippen LogP contribution in [0.1, 0.15) is 29.5 Å². The van der Waals surface area contributed by atoms with Gasteiger partial charge >= 0.3 is 7.12 Å². The van der Waals surface area contributed by atoms with Crippen LogP contribution >= 0.6 is 0 Å². The molecule has 2 aliphatic rings. The van der Waals surface area contributed by atoms with Crippen LogP contribution in [-0.2, 0) is 10.2 Å². The summed E-state index contributed by atoms with van der Waals surface area (Å²) in [7, 11) is -1.50. The first-order chi connectivity index (χ1) is 14.4. The van der Waals surface area contributed by atoms with E-state index in [4.69, 9.17) is 25.9 Å². The molecule has 2 aromatic carbocycles. The molecule has 0 saturated carbocycles. The highest BCUT2D eigenvalue weighted by Gasteiger charge is 2.43. The third-order valence-electron chi connectivity index (χ3n) is 6.05. The van der Waals surface area contributed by atoms with Crippen molar-refractivity contribution in [3.63, 3.8) is 0 Å². The molecular formula is C22H24BN3O4. The fourth-order valence-corrected chi connectivity index (χ4v) is 4.15. The van der Waals surface area contributed by atoms with Gasteiger partial charge in [-0.3, -0.25) is 10.2 Å². The molecule has 154 valence electrons. The Hall–Kier alpha value is -3.10. The lowest BCUT2D eigenvalue weighted by molar-refractivity contribution is -0.127. The van der Waals surface area contributed by atoms with Gasteiger partial charge in [0.15, 0.2) is 0 Å². The van der Waals surface area contributed by atoms with Crippen molar-refractivity contribution >= 4 is 30.4 Å². The molecule has 0 radical (unpaired) electrons. The van der Waals surface area contributed by atoms with Gasteiger partial charge in [0.1, 0.15) is 11.6 Å². The third-order valence-corrected chi connectivity index (χ3v) is 6.05. The van der Waals surface area contributed by atoms with Gasteiger partial charge in [-0.25, -0.2) is 0 Å². The van der Waals surface area contributed by atoms with Gasteiger partial charge in [0, 0.05) is 35.7 Å². The van der Waals surface area contributed by atoms with Gasteiger partial charge in [-0.05, 0) is 48.1 Å². The quantitative estimate of drug-likeness (QED) is 0.257. The molecule has 2 aromatic rings. The molecule has 1 amide bonds. The minimum absolute atomic E-state index is 0.0409. The normalized spacial score (nSPS) is 17.1. The zero-order valence-corrected chi connectivity index (χ0v) is 16.5. The van der Waals surface area contributed by atoms with Crippen molar-refractivity contribution in [3.05, 3.63) is 65.2 Å². The average molecular weight is 405 g/mol. The summed E-state index contributed by atoms with van der Waals surface area (Å²) in [6, 6.07) is 12.3. The Kier molecular flexibility index (Phi) is 5.36. The van der Waals surface area contributed by atoms with Gasteiger partial charge in [0.05, 0.1) is 6.61 Å². The molecule has 0 atom stereocenters. The number of hydrogen-bond acceptors (Lipinski definition) is 5. The van der Waals surface area contributed by atoms with Crippen LogP contribution in [0.5, 0.6) is 5.75 Å². The first-order valence-corrected chi connectivity index (χ1v) is 9.93. The van der Waals surface area contributed by atoms with E-state index in [1.54, 1.807) is 42.5 Å². The highest BCUT2D eigenvalue weighted by atomic mass is 16.5. The number of fused-ring (bicyclic) bond motifs is 2. The Labute approximate surface area is 175 Å². The summed E-state index contributed by atoms with van der Waals surface area (Å²) in [6.45, 7) is 1.85. The number of piperidine rings is 1. The molecule has 1 spiro atoms. The standard InChI is InChI=1S/C22H24BN3O4/c24-21(25)16-4-7-19-18(13-16)22(14-30-19)9-11-26(12-10-22)20(27)8-3-15-1-5-17(6-2-15)23(28)29/h1-8,13,28-29H,9-12,14H2,(H3,24,25)/b8-3+. The van der Waals surface area contributed by atoms with Crippen LogP contribution < -0.4 is 15.9 Å². The number of likely N-dealkylation sites (tertiary alicyclic amines) is 1. The summed E-state index contributed by atoms with van der Waals surface area (Å²) in [5.74, 6) is 0.836. The molecular weight excluding hydrogens is 381 g/mol. The number of amides is 1. The molecule has 8 heteroatoms. The van der Waals surface area contributed by atoms with Crippen LogP contribution in [0.3, 0.4) is 0 Å². The van der Waals surface area contributed by atoms with Crippen molar-refractivity contribution in [1.82, 2.24) is 4.90 Å². The zero-order chi connectivity index (χ0) is 21.3. The molecule has 0 bridgehead atoms. The van der Waals surface area contributed by atoms with Crippen molar-refractivity contribution in [3.8, 4) is 5.75 Å². The number of carbonyl (C=O) groups excluding carboxylic acids is 1. The molecule has 0 aliphatic carbocycles. The number of amidine groups is 1. The number of nitrogens with zero attached hydrogens (tertiary/aromatic N) is 1. The average Bonchev–Trinajstić information content (AvgIpc) is 3.10. The van der Waals surface area contributed by atoms with Crippen LogP contribution in [0.2, 0.25) is 0 Å². The second-order valence-corrected chi connectivity index (χ2v) is 7.89. The maximum absolute atomic E-state index is 12.6. The Morgan fingerprint density at radius 1 is 1.17 bits per heavy atom. The number of nitrogen functional groups attached to an aromatic ring is 1. The molecule has 2 heterocycles. The minimum atomic E-state index is -1.50. The Balaban J connectivity index is 1.41. The third kappa shape index (κ3) is 3.84. The number of carbonyl (C=O) groups is 1. The van der Waals surface area contributed by atoms with Gasteiger partial charge in [-0.15, -0.1) is 0 Å². The van der Waals surface area contributed by atoms with E-state index >= 15 is 0 Å². The lowest BCUT2D eigenvalue weighted by Gasteiger charge is -2.38. The van der Waals surface area contributed by atoms with E-state index in [1.807, 2.05) is 17.0 Å². The SMILES string of the molecule is N=C(N)c1ccc2c(c1)C1(CCN(C(=O)/C=C/c3ccc(B(O)O)cc3)CC1)CO2. The highest BCUT2D eigenvalue weighted by Crippen LogP contribution is 2.45. The van der Waals surface area contributed by atoms with Crippen LogP contribution in [0, 0.1) is 5.41 Å². The molecule has 30 heavy (non-hydrogen) atoms. The Morgan fingerprint density at radius 3 is 2.50 bits per heavy atom. The maximum atomic E-state index is 12.6. The van der Waals surface area contributed by atoms with Crippen LogP contribution in [0.15, 0.2) is 48.5 Å². The number of ether oxygens (including phenoxy) is 1. The smallest absolute Gasteiger partial charge is 0.488 e. The van der Waals surface area contributed by atoms with E-state index in [-0.39, 0.29) is 17.2 Å². The van der Waals surface area contributed by atoms with E-state index in [9.17, 15) is 4.79 Å². The van der Waals surface area contributed by atoms with Crippen molar-refractivity contribution in [2.24, 2.45) is 5.73 Å². The molecule has 1 saturated heterocycles. The lowest BCUT2D eigenvalue weighted by atomic mass is 9.74. The second-order valence-electron chi connectivity index (χ2n) is 7.89. The predicted octanol–water partition coefficient (Wildman–Crippen LogP) is 0.616. The van der Waals surface area contributed by atoms with E-state index in [2.05, 4.69) is 0 Å². The van der Waals surface area contributed by atoms with Crippen LogP contribution in [0.4, 0.5) is 0 Å². The van der Waals surface area contributed by atoms with Gasteiger partial charge < -0.3 is 25.4 Å². The van der Waals surface area contributed by atoms with Crippen molar-refractivity contribution in [1.29, 1.82) is 5.41 Å². The van der Waals surface area contributed by atoms with E-state index in [1.165, 1.54) is 0 Å². The number of hydrogen-bond donors (Lipinski definition) is 4. The number of nitrogens with two attached hydrogens (primary N) is 1. The molecule has 5 N–H and O–H groups in total. The molecule has 7 nitrogen and oxygen atoms in total. The van der Waals surface area contributed by atoms with Gasteiger partial charge in [-0.1, -0.05) is 24.3 Å². The van der Waals surface area contributed by atoms with Gasteiger partial charge in [-0.2, -0.15) is 0 Å². The summed E-state index contributed by atoms with van der Waals surface area (Å²) in [4.78, 5) is 14.5. The minimum Gasteiger partial charge on any atom is -0.492 e. The molecule has 1 fully saturated rings. The predicted molar refractivity (Wildman–Crippen MR) is 116 cm³/mol. The molecule has 0 aromatic heterocycles. The van der Waals surface area contributed by atoms with Crippen molar-refractivity contribution < 1.29 is 19.6 Å². The van der Waals surface area contributed by atoms with E-state index < -0.39 is 7.12 Å². The molecule has 0 unspecified atom stereocenters. The summed E-state index contributed by atoms with van der Waals surface area (Å²) < 4.78 is 5.89. The highest BCUT2D eigenvalue weighted by molar-refractivity contribution is 6.58. The number of rotatable bonds is 4. The first-order valence-electron chi connectivity index (χ1n) is 9.93. The van der Waals surface area contributed by atoms with Crippen molar-refractivity contribution in [2.75, 3.05) is 19.7 Å². The first kappa shape index (κ1) is 20.2. The van der Waals surface area contributed by atoms with Crippen LogP contribution in [0.25, 0.3) is 6.08 Å². The van der Waals surface area contributed by atoms with Gasteiger partial charge in [0.25, 0.3) is 0 Å². The van der Waals surface area contributed by atoms with Crippen LogP contribution in [-0.4, -0.2) is 53.5 Å².